The normalized spacial score (nSPS) is 11.0. The lowest BCUT2D eigenvalue weighted by atomic mass is 10.0. The van der Waals surface area contributed by atoms with Crippen LogP contribution in [0.3, 0.4) is 0 Å². The number of aromatic nitrogens is 1. The summed E-state index contributed by atoms with van der Waals surface area (Å²) in [6.45, 7) is 0.809. The van der Waals surface area contributed by atoms with Gasteiger partial charge in [-0.15, -0.1) is 0 Å². The summed E-state index contributed by atoms with van der Waals surface area (Å²) in [7, 11) is 4.00. The van der Waals surface area contributed by atoms with E-state index in [4.69, 9.17) is 0 Å². The van der Waals surface area contributed by atoms with E-state index in [-0.39, 0.29) is 0 Å². The summed E-state index contributed by atoms with van der Waals surface area (Å²) in [6.07, 6.45) is 1.80. The molecule has 0 saturated heterocycles. The lowest BCUT2D eigenvalue weighted by molar-refractivity contribution is -0.112. The van der Waals surface area contributed by atoms with Crippen molar-refractivity contribution in [2.75, 3.05) is 19.4 Å². The fraction of sp³-hybridized carbons (Fsp3) is 0.120. The van der Waals surface area contributed by atoms with E-state index in [9.17, 15) is 9.59 Å². The van der Waals surface area contributed by atoms with Crippen LogP contribution in [0.2, 0.25) is 0 Å². The highest BCUT2D eigenvalue weighted by molar-refractivity contribution is 6.47. The SMILES string of the molecule is CN(C)Cc1ccc(NC(=O)C(=O)c2c(-c3ccccc3)cc3ccccn23)cc1. The van der Waals surface area contributed by atoms with Gasteiger partial charge in [0.1, 0.15) is 5.69 Å². The van der Waals surface area contributed by atoms with Crippen molar-refractivity contribution in [2.45, 2.75) is 6.54 Å². The summed E-state index contributed by atoms with van der Waals surface area (Å²) in [6, 6.07) is 24.8. The molecule has 0 atom stereocenters. The first-order valence-electron chi connectivity index (χ1n) is 9.78. The minimum atomic E-state index is -0.656. The molecule has 0 fully saturated rings. The molecule has 0 unspecified atom stereocenters. The van der Waals surface area contributed by atoms with E-state index in [0.29, 0.717) is 11.4 Å². The number of carbonyl (C=O) groups is 2. The van der Waals surface area contributed by atoms with Gasteiger partial charge >= 0.3 is 0 Å². The number of hydrogen-bond acceptors (Lipinski definition) is 3. The van der Waals surface area contributed by atoms with Crippen molar-refractivity contribution in [3.8, 4) is 11.1 Å². The molecule has 0 bridgehead atoms. The highest BCUT2D eigenvalue weighted by Gasteiger charge is 2.24. The molecule has 5 nitrogen and oxygen atoms in total. The second-order valence-corrected chi connectivity index (χ2v) is 7.49. The van der Waals surface area contributed by atoms with Crippen molar-refractivity contribution in [3.63, 3.8) is 0 Å². The standard InChI is InChI=1S/C25H23N3O2/c1-27(2)17-18-11-13-20(14-12-18)26-25(30)24(29)23-22(19-8-4-3-5-9-19)16-21-10-6-7-15-28(21)23/h3-16H,17H2,1-2H3,(H,26,30). The van der Waals surface area contributed by atoms with Gasteiger partial charge in [-0.2, -0.15) is 0 Å². The van der Waals surface area contributed by atoms with Crippen molar-refractivity contribution in [1.29, 1.82) is 0 Å². The predicted octanol–water partition coefficient (Wildman–Crippen LogP) is 4.49. The highest BCUT2D eigenvalue weighted by Crippen LogP contribution is 2.28. The number of nitrogens with one attached hydrogen (secondary N) is 1. The largest absolute Gasteiger partial charge is 0.319 e. The first kappa shape index (κ1) is 19.6. The third-order valence-electron chi connectivity index (χ3n) is 4.90. The predicted molar refractivity (Wildman–Crippen MR) is 120 cm³/mol. The van der Waals surface area contributed by atoms with E-state index in [1.54, 1.807) is 10.6 Å². The Morgan fingerprint density at radius 3 is 2.30 bits per heavy atom. The maximum Gasteiger partial charge on any atom is 0.298 e. The molecule has 1 amide bonds. The van der Waals surface area contributed by atoms with Crippen LogP contribution in [-0.2, 0) is 11.3 Å². The minimum Gasteiger partial charge on any atom is -0.319 e. The maximum atomic E-state index is 13.2. The van der Waals surface area contributed by atoms with Crippen LogP contribution in [0.25, 0.3) is 16.6 Å². The molecule has 4 rings (SSSR count). The topological polar surface area (TPSA) is 53.8 Å². The first-order chi connectivity index (χ1) is 14.5. The number of fused-ring (bicyclic) bond motifs is 1. The molecular formula is C25H23N3O2. The Morgan fingerprint density at radius 2 is 1.60 bits per heavy atom. The van der Waals surface area contributed by atoms with Crippen LogP contribution in [0.5, 0.6) is 0 Å². The Bertz CT molecular complexity index is 1190. The summed E-state index contributed by atoms with van der Waals surface area (Å²) < 4.78 is 1.77. The van der Waals surface area contributed by atoms with Crippen LogP contribution in [0.1, 0.15) is 16.1 Å². The van der Waals surface area contributed by atoms with Gasteiger partial charge in [-0.1, -0.05) is 48.5 Å². The summed E-state index contributed by atoms with van der Waals surface area (Å²) in [5.41, 5.74) is 4.58. The lowest BCUT2D eigenvalue weighted by Crippen LogP contribution is -2.24. The van der Waals surface area contributed by atoms with Gasteiger partial charge in [-0.25, -0.2) is 0 Å². The number of ketones is 1. The molecule has 0 radical (unpaired) electrons. The van der Waals surface area contributed by atoms with Crippen LogP contribution in [0.15, 0.2) is 85.1 Å². The van der Waals surface area contributed by atoms with Gasteiger partial charge < -0.3 is 14.6 Å². The molecule has 0 saturated carbocycles. The molecule has 0 spiro atoms. The van der Waals surface area contributed by atoms with Crippen molar-refractivity contribution < 1.29 is 9.59 Å². The number of amides is 1. The molecule has 30 heavy (non-hydrogen) atoms. The van der Waals surface area contributed by atoms with Gasteiger partial charge in [0.25, 0.3) is 11.7 Å². The monoisotopic (exact) mass is 397 g/mol. The van der Waals surface area contributed by atoms with Crippen molar-refractivity contribution in [1.82, 2.24) is 9.30 Å². The second-order valence-electron chi connectivity index (χ2n) is 7.49. The van der Waals surface area contributed by atoms with E-state index < -0.39 is 11.7 Å². The summed E-state index contributed by atoms with van der Waals surface area (Å²) in [5, 5.41) is 2.74. The van der Waals surface area contributed by atoms with Crippen molar-refractivity contribution in [2.24, 2.45) is 0 Å². The van der Waals surface area contributed by atoms with Gasteiger partial charge in [0.2, 0.25) is 0 Å². The molecule has 5 heteroatoms. The van der Waals surface area contributed by atoms with E-state index >= 15 is 0 Å². The zero-order valence-electron chi connectivity index (χ0n) is 17.0. The van der Waals surface area contributed by atoms with Gasteiger partial charge in [-0.05, 0) is 55.6 Å². The number of pyridine rings is 1. The first-order valence-corrected chi connectivity index (χ1v) is 9.78. The summed E-state index contributed by atoms with van der Waals surface area (Å²) in [5.74, 6) is -1.23. The number of nitrogens with zero attached hydrogens (tertiary/aromatic N) is 2. The molecule has 2 heterocycles. The van der Waals surface area contributed by atoms with Crippen LogP contribution in [0.4, 0.5) is 5.69 Å². The zero-order valence-corrected chi connectivity index (χ0v) is 17.0. The summed E-state index contributed by atoms with van der Waals surface area (Å²) in [4.78, 5) is 28.1. The Labute approximate surface area is 175 Å². The molecular weight excluding hydrogens is 374 g/mol. The lowest BCUT2D eigenvalue weighted by Gasteiger charge is -2.11. The van der Waals surface area contributed by atoms with Crippen LogP contribution in [-0.4, -0.2) is 35.1 Å². The van der Waals surface area contributed by atoms with E-state index in [2.05, 4.69) is 10.2 Å². The molecule has 0 aliphatic carbocycles. The fourth-order valence-corrected chi connectivity index (χ4v) is 3.55. The molecule has 0 aliphatic heterocycles. The van der Waals surface area contributed by atoms with Crippen LogP contribution >= 0.6 is 0 Å². The van der Waals surface area contributed by atoms with Crippen LogP contribution in [0, 0.1) is 0 Å². The number of carbonyl (C=O) groups excluding carboxylic acids is 2. The summed E-state index contributed by atoms with van der Waals surface area (Å²) >= 11 is 0. The van der Waals surface area contributed by atoms with Gasteiger partial charge in [0.05, 0.1) is 0 Å². The molecule has 4 aromatic rings. The molecule has 2 aromatic heterocycles. The molecule has 1 N–H and O–H groups in total. The Kier molecular flexibility index (Phi) is 5.46. The number of hydrogen-bond donors (Lipinski definition) is 1. The van der Waals surface area contributed by atoms with E-state index in [1.165, 1.54) is 0 Å². The average Bonchev–Trinajstić information content (AvgIpc) is 3.14. The quantitative estimate of drug-likeness (QED) is 0.385. The smallest absolute Gasteiger partial charge is 0.298 e. The van der Waals surface area contributed by atoms with Crippen LogP contribution < -0.4 is 5.32 Å². The van der Waals surface area contributed by atoms with E-state index in [0.717, 1.165) is 28.8 Å². The minimum absolute atomic E-state index is 0.360. The average molecular weight is 397 g/mol. The maximum absolute atomic E-state index is 13.2. The number of rotatable bonds is 6. The highest BCUT2D eigenvalue weighted by atomic mass is 16.2. The zero-order chi connectivity index (χ0) is 21.1. The Hall–Kier alpha value is -3.70. The van der Waals surface area contributed by atoms with E-state index in [1.807, 2.05) is 93.0 Å². The van der Waals surface area contributed by atoms with Gasteiger partial charge in [0.15, 0.2) is 0 Å². The third kappa shape index (κ3) is 4.02. The second kappa shape index (κ2) is 8.35. The Balaban J connectivity index is 1.65. The van der Waals surface area contributed by atoms with Gasteiger partial charge in [-0.3, -0.25) is 9.59 Å². The number of anilines is 1. The Morgan fingerprint density at radius 1 is 0.900 bits per heavy atom. The molecule has 150 valence electrons. The molecule has 2 aromatic carbocycles. The third-order valence-corrected chi connectivity index (χ3v) is 4.90. The number of Topliss-reactive ketones (excluding diaryl/α,β-unsaturated/α-hetero) is 1. The van der Waals surface area contributed by atoms with Crippen molar-refractivity contribution >= 4 is 22.9 Å². The molecule has 0 aliphatic rings. The van der Waals surface area contributed by atoms with Crippen molar-refractivity contribution in [3.05, 3.63) is 96.3 Å². The fourth-order valence-electron chi connectivity index (χ4n) is 3.55. The van der Waals surface area contributed by atoms with Gasteiger partial charge in [0, 0.05) is 29.5 Å². The number of benzene rings is 2.